The summed E-state index contributed by atoms with van der Waals surface area (Å²) in [5.74, 6) is 0.824. The van der Waals surface area contributed by atoms with Crippen molar-refractivity contribution in [2.45, 2.75) is 31.6 Å². The standard InChI is InChI=1S/C24H24N2O2S.ClH/c1-14-13-18(28-2)19(20-17-7-12-29-22(17)23(27)26-21(14)20)15-3-5-16(6-4-15)24(8-9-24)10-11-25;/h3-7,12-13H,8-11,25H2,1-2H3,(H,26,27);1H. The van der Waals surface area contributed by atoms with Crippen LogP contribution in [-0.4, -0.2) is 18.6 Å². The molecular weight excluding hydrogens is 416 g/mol. The van der Waals surface area contributed by atoms with Gasteiger partial charge in [0.2, 0.25) is 0 Å². The topological polar surface area (TPSA) is 68.1 Å². The molecule has 1 saturated carbocycles. The number of nitrogens with one attached hydrogen (secondary N) is 1. The van der Waals surface area contributed by atoms with E-state index in [9.17, 15) is 4.79 Å². The number of hydrogen-bond acceptors (Lipinski definition) is 4. The number of fused-ring (bicyclic) bond motifs is 3. The van der Waals surface area contributed by atoms with E-state index in [0.29, 0.717) is 0 Å². The van der Waals surface area contributed by atoms with Crippen molar-refractivity contribution in [2.24, 2.45) is 5.73 Å². The Balaban J connectivity index is 0.00000218. The summed E-state index contributed by atoms with van der Waals surface area (Å²) in [6, 6.07) is 12.9. The number of rotatable bonds is 5. The molecule has 0 amide bonds. The number of methoxy groups -OCH3 is 1. The van der Waals surface area contributed by atoms with E-state index in [1.807, 2.05) is 24.4 Å². The maximum Gasteiger partial charge on any atom is 0.266 e. The highest BCUT2D eigenvalue weighted by molar-refractivity contribution is 7.17. The van der Waals surface area contributed by atoms with Crippen LogP contribution in [-0.2, 0) is 5.41 Å². The quantitative estimate of drug-likeness (QED) is 0.428. The van der Waals surface area contributed by atoms with E-state index >= 15 is 0 Å². The van der Waals surface area contributed by atoms with Gasteiger partial charge in [0.05, 0.1) is 12.6 Å². The van der Waals surface area contributed by atoms with Crippen molar-refractivity contribution in [3.63, 3.8) is 0 Å². The first-order valence-electron chi connectivity index (χ1n) is 10.00. The predicted octanol–water partition coefficient (Wildman–Crippen LogP) is 5.53. The molecule has 0 bridgehead atoms. The molecule has 2 heterocycles. The molecule has 0 unspecified atom stereocenters. The van der Waals surface area contributed by atoms with Crippen molar-refractivity contribution in [2.75, 3.05) is 13.7 Å². The van der Waals surface area contributed by atoms with Crippen molar-refractivity contribution in [1.29, 1.82) is 0 Å². The van der Waals surface area contributed by atoms with Crippen LogP contribution in [0.3, 0.4) is 0 Å². The summed E-state index contributed by atoms with van der Waals surface area (Å²) in [6.07, 6.45) is 3.48. The second-order valence-corrected chi connectivity index (χ2v) is 8.95. The minimum Gasteiger partial charge on any atom is -0.496 e. The Morgan fingerprint density at radius 2 is 1.93 bits per heavy atom. The lowest BCUT2D eigenvalue weighted by molar-refractivity contribution is 0.416. The third kappa shape index (κ3) is 3.13. The van der Waals surface area contributed by atoms with E-state index in [4.69, 9.17) is 10.5 Å². The summed E-state index contributed by atoms with van der Waals surface area (Å²) in [5, 5.41) is 4.01. The lowest BCUT2D eigenvalue weighted by Crippen LogP contribution is -2.13. The third-order valence-electron chi connectivity index (χ3n) is 6.35. The van der Waals surface area contributed by atoms with Gasteiger partial charge in [-0.25, -0.2) is 0 Å². The fourth-order valence-electron chi connectivity index (χ4n) is 4.62. The van der Waals surface area contributed by atoms with Crippen molar-refractivity contribution >= 4 is 44.7 Å². The van der Waals surface area contributed by atoms with Gasteiger partial charge in [0.1, 0.15) is 10.4 Å². The highest BCUT2D eigenvalue weighted by atomic mass is 35.5. The molecular formula is C24H25ClN2O2S. The minimum atomic E-state index is -0.0328. The van der Waals surface area contributed by atoms with Gasteiger partial charge in [-0.3, -0.25) is 4.79 Å². The number of thiophene rings is 1. The third-order valence-corrected chi connectivity index (χ3v) is 7.26. The van der Waals surface area contributed by atoms with E-state index < -0.39 is 0 Å². The molecule has 5 rings (SSSR count). The molecule has 0 saturated heterocycles. The van der Waals surface area contributed by atoms with Gasteiger partial charge in [-0.05, 0) is 72.3 Å². The molecule has 4 aromatic rings. The number of nitrogens with two attached hydrogens (primary N) is 1. The first-order valence-corrected chi connectivity index (χ1v) is 10.9. The Bertz CT molecular complexity index is 1290. The molecule has 6 heteroatoms. The summed E-state index contributed by atoms with van der Waals surface area (Å²) in [5.41, 5.74) is 11.5. The van der Waals surface area contributed by atoms with Gasteiger partial charge in [0.25, 0.3) is 5.56 Å². The van der Waals surface area contributed by atoms with Gasteiger partial charge in [-0.1, -0.05) is 24.3 Å². The highest BCUT2D eigenvalue weighted by Gasteiger charge is 2.43. The van der Waals surface area contributed by atoms with Crippen LogP contribution >= 0.6 is 23.7 Å². The van der Waals surface area contributed by atoms with E-state index in [2.05, 4.69) is 29.2 Å². The maximum absolute atomic E-state index is 12.5. The number of pyridine rings is 1. The number of H-pyrrole nitrogens is 1. The summed E-state index contributed by atoms with van der Waals surface area (Å²) in [7, 11) is 1.70. The van der Waals surface area contributed by atoms with Crippen LogP contribution in [0, 0.1) is 6.92 Å². The van der Waals surface area contributed by atoms with Gasteiger partial charge in [-0.2, -0.15) is 0 Å². The molecule has 1 aliphatic carbocycles. The van der Waals surface area contributed by atoms with Crippen LogP contribution in [0.4, 0.5) is 0 Å². The van der Waals surface area contributed by atoms with E-state index in [0.717, 1.165) is 56.4 Å². The molecule has 0 radical (unpaired) electrons. The Kier molecular flexibility index (Phi) is 5.39. The van der Waals surface area contributed by atoms with E-state index in [1.54, 1.807) is 7.11 Å². The van der Waals surface area contributed by atoms with Gasteiger partial charge < -0.3 is 15.5 Å². The number of halogens is 1. The minimum absolute atomic E-state index is 0. The summed E-state index contributed by atoms with van der Waals surface area (Å²) in [4.78, 5) is 15.6. The molecule has 0 atom stereocenters. The normalized spacial score (nSPS) is 14.6. The smallest absolute Gasteiger partial charge is 0.266 e. The van der Waals surface area contributed by atoms with Gasteiger partial charge in [0, 0.05) is 16.3 Å². The lowest BCUT2D eigenvalue weighted by Gasteiger charge is -2.18. The molecule has 2 aromatic carbocycles. The molecule has 0 aliphatic heterocycles. The van der Waals surface area contributed by atoms with Crippen LogP contribution in [0.2, 0.25) is 0 Å². The molecule has 4 nitrogen and oxygen atoms in total. The number of benzene rings is 2. The van der Waals surface area contributed by atoms with E-state index in [-0.39, 0.29) is 23.4 Å². The average Bonchev–Trinajstić information content (AvgIpc) is 3.33. The van der Waals surface area contributed by atoms with Crippen molar-refractivity contribution in [3.05, 3.63) is 63.3 Å². The van der Waals surface area contributed by atoms with E-state index in [1.165, 1.54) is 29.7 Å². The Morgan fingerprint density at radius 3 is 2.57 bits per heavy atom. The van der Waals surface area contributed by atoms with Gasteiger partial charge in [-0.15, -0.1) is 23.7 Å². The van der Waals surface area contributed by atoms with Crippen molar-refractivity contribution in [1.82, 2.24) is 4.98 Å². The first-order chi connectivity index (χ1) is 14.1. The number of ether oxygens (including phenoxy) is 1. The summed E-state index contributed by atoms with van der Waals surface area (Å²) >= 11 is 1.48. The summed E-state index contributed by atoms with van der Waals surface area (Å²) in [6.45, 7) is 2.73. The fraction of sp³-hybridized carbons (Fsp3) is 0.292. The second-order valence-electron chi connectivity index (χ2n) is 8.03. The van der Waals surface area contributed by atoms with Crippen molar-refractivity contribution in [3.8, 4) is 16.9 Å². The lowest BCUT2D eigenvalue weighted by atomic mass is 9.89. The Hall–Kier alpha value is -2.34. The SMILES string of the molecule is COc1cc(C)c2[nH]c(=O)c3sccc3c2c1-c1ccc(C2(CCN)CC2)cc1.Cl. The largest absolute Gasteiger partial charge is 0.496 e. The Labute approximate surface area is 185 Å². The van der Waals surface area contributed by atoms with Crippen LogP contribution in [0.15, 0.2) is 46.6 Å². The number of aryl methyl sites for hydroxylation is 1. The van der Waals surface area contributed by atoms with Crippen LogP contribution in [0.1, 0.15) is 30.4 Å². The monoisotopic (exact) mass is 440 g/mol. The zero-order chi connectivity index (χ0) is 20.2. The van der Waals surface area contributed by atoms with Gasteiger partial charge in [0.15, 0.2) is 0 Å². The predicted molar refractivity (Wildman–Crippen MR) is 129 cm³/mol. The zero-order valence-electron chi connectivity index (χ0n) is 17.1. The number of hydrogen-bond donors (Lipinski definition) is 2. The number of aromatic amines is 1. The molecule has 3 N–H and O–H groups in total. The maximum atomic E-state index is 12.5. The Morgan fingerprint density at radius 1 is 1.20 bits per heavy atom. The molecule has 30 heavy (non-hydrogen) atoms. The second kappa shape index (κ2) is 7.73. The zero-order valence-corrected chi connectivity index (χ0v) is 18.7. The van der Waals surface area contributed by atoms with Gasteiger partial charge >= 0.3 is 0 Å². The first kappa shape index (κ1) is 20.9. The molecule has 156 valence electrons. The van der Waals surface area contributed by atoms with Crippen molar-refractivity contribution < 1.29 is 4.74 Å². The van der Waals surface area contributed by atoms with Crippen LogP contribution in [0.25, 0.3) is 32.1 Å². The molecule has 1 fully saturated rings. The summed E-state index contributed by atoms with van der Waals surface area (Å²) < 4.78 is 6.54. The number of aromatic nitrogens is 1. The van der Waals surface area contributed by atoms with Crippen LogP contribution < -0.4 is 16.0 Å². The average molecular weight is 441 g/mol. The highest BCUT2D eigenvalue weighted by Crippen LogP contribution is 2.51. The van der Waals surface area contributed by atoms with Crippen LogP contribution in [0.5, 0.6) is 5.75 Å². The fourth-order valence-corrected chi connectivity index (χ4v) is 5.41. The molecule has 1 aliphatic rings. The molecule has 2 aromatic heterocycles. The molecule has 0 spiro atoms.